The van der Waals surface area contributed by atoms with E-state index < -0.39 is 6.04 Å². The van der Waals surface area contributed by atoms with E-state index in [9.17, 15) is 4.79 Å². The molecule has 8 heteroatoms. The molecule has 0 aliphatic carbocycles. The predicted molar refractivity (Wildman–Crippen MR) is 117 cm³/mol. The van der Waals surface area contributed by atoms with Crippen LogP contribution in [0, 0.1) is 24.2 Å². The number of nitrogens with one attached hydrogen (secondary N) is 3. The van der Waals surface area contributed by atoms with E-state index >= 15 is 0 Å². The van der Waals surface area contributed by atoms with Crippen molar-refractivity contribution in [3.63, 3.8) is 0 Å². The number of rotatable bonds is 8. The van der Waals surface area contributed by atoms with Gasteiger partial charge in [-0.15, -0.1) is 0 Å². The lowest BCUT2D eigenvalue weighted by Gasteiger charge is -2.29. The monoisotopic (exact) mass is 410 g/mol. The summed E-state index contributed by atoms with van der Waals surface area (Å²) in [7, 11) is 0. The fourth-order valence-corrected chi connectivity index (χ4v) is 3.69. The van der Waals surface area contributed by atoms with Gasteiger partial charge in [0.1, 0.15) is 18.3 Å². The maximum Gasteiger partial charge on any atom is 0.243 e. The van der Waals surface area contributed by atoms with Gasteiger partial charge in [-0.2, -0.15) is 5.26 Å². The average molecular weight is 411 g/mol. The summed E-state index contributed by atoms with van der Waals surface area (Å²) in [5, 5.41) is 22.2. The van der Waals surface area contributed by atoms with Gasteiger partial charge in [0.2, 0.25) is 5.91 Å². The maximum absolute atomic E-state index is 12.5. The Morgan fingerprint density at radius 3 is 2.63 bits per heavy atom. The molecule has 2 heterocycles. The third-order valence-electron chi connectivity index (χ3n) is 5.18. The quantitative estimate of drug-likeness (QED) is 0.574. The Morgan fingerprint density at radius 2 is 2.00 bits per heavy atom. The van der Waals surface area contributed by atoms with Crippen LogP contribution in [0.25, 0.3) is 11.1 Å². The van der Waals surface area contributed by atoms with Gasteiger partial charge >= 0.3 is 0 Å². The standard InChI is InChI=1S/C22H30N6O2/c1-15(2)14-19(22(29)25-9-8-23)26-21-20(16(3)30-27-21)17-4-6-18(7-5-17)28-12-10-24-11-13-28/h4-7,15,19,24H,9-14H2,1-3H3,(H,25,29)(H,26,27)/t19-/m0/s1. The van der Waals surface area contributed by atoms with E-state index in [-0.39, 0.29) is 12.5 Å². The Labute approximate surface area is 177 Å². The lowest BCUT2D eigenvalue weighted by atomic mass is 10.0. The minimum atomic E-state index is -0.498. The van der Waals surface area contributed by atoms with Crippen LogP contribution in [0.1, 0.15) is 26.0 Å². The number of carbonyl (C=O) groups is 1. The number of benzene rings is 1. The molecule has 2 aromatic rings. The fraction of sp³-hybridized carbons (Fsp3) is 0.500. The fourth-order valence-electron chi connectivity index (χ4n) is 3.69. The highest BCUT2D eigenvalue weighted by atomic mass is 16.5. The van der Waals surface area contributed by atoms with Gasteiger partial charge in [-0.05, 0) is 37.0 Å². The van der Waals surface area contributed by atoms with Crippen molar-refractivity contribution < 1.29 is 9.32 Å². The Morgan fingerprint density at radius 1 is 1.30 bits per heavy atom. The molecular formula is C22H30N6O2. The van der Waals surface area contributed by atoms with E-state index in [0.29, 0.717) is 23.9 Å². The van der Waals surface area contributed by atoms with Gasteiger partial charge in [0, 0.05) is 31.9 Å². The van der Waals surface area contributed by atoms with Crippen LogP contribution in [0.4, 0.5) is 11.5 Å². The summed E-state index contributed by atoms with van der Waals surface area (Å²) in [6.45, 7) is 9.92. The summed E-state index contributed by atoms with van der Waals surface area (Å²) in [5.41, 5.74) is 3.02. The highest BCUT2D eigenvalue weighted by molar-refractivity contribution is 5.87. The molecule has 3 N–H and O–H groups in total. The van der Waals surface area contributed by atoms with Gasteiger partial charge in [0.15, 0.2) is 5.82 Å². The molecule has 1 aromatic heterocycles. The molecule has 1 saturated heterocycles. The first-order valence-electron chi connectivity index (χ1n) is 10.4. The minimum Gasteiger partial charge on any atom is -0.369 e. The molecule has 0 radical (unpaired) electrons. The second kappa shape index (κ2) is 10.1. The lowest BCUT2D eigenvalue weighted by Crippen LogP contribution is -2.43. The molecule has 3 rings (SSSR count). The number of aryl methyl sites for hydroxylation is 1. The zero-order valence-electron chi connectivity index (χ0n) is 17.9. The van der Waals surface area contributed by atoms with E-state index in [2.05, 4.69) is 64.1 Å². The summed E-state index contributed by atoms with van der Waals surface area (Å²) in [5.74, 6) is 1.31. The predicted octanol–water partition coefficient (Wildman–Crippen LogP) is 2.53. The van der Waals surface area contributed by atoms with E-state index in [1.54, 1.807) is 0 Å². The van der Waals surface area contributed by atoms with E-state index in [1.165, 1.54) is 5.69 Å². The Bertz CT molecular complexity index is 878. The van der Waals surface area contributed by atoms with Crippen molar-refractivity contribution in [3.8, 4) is 17.2 Å². The van der Waals surface area contributed by atoms with Crippen LogP contribution in [0.15, 0.2) is 28.8 Å². The molecule has 0 unspecified atom stereocenters. The molecule has 1 aromatic carbocycles. The largest absolute Gasteiger partial charge is 0.369 e. The first kappa shape index (κ1) is 21.7. The van der Waals surface area contributed by atoms with E-state index in [1.807, 2.05) is 13.0 Å². The van der Waals surface area contributed by atoms with Crippen molar-refractivity contribution in [2.45, 2.75) is 33.2 Å². The SMILES string of the molecule is Cc1onc(N[C@@H](CC(C)C)C(=O)NCC#N)c1-c1ccc(N2CCNCC2)cc1. The van der Waals surface area contributed by atoms with Gasteiger partial charge < -0.3 is 25.4 Å². The van der Waals surface area contributed by atoms with Crippen LogP contribution in [-0.2, 0) is 4.79 Å². The number of hydrogen-bond donors (Lipinski definition) is 3. The third-order valence-corrected chi connectivity index (χ3v) is 5.18. The van der Waals surface area contributed by atoms with Gasteiger partial charge in [-0.1, -0.05) is 31.1 Å². The Hall–Kier alpha value is -3.05. The summed E-state index contributed by atoms with van der Waals surface area (Å²) >= 11 is 0. The van der Waals surface area contributed by atoms with Crippen LogP contribution in [0.5, 0.6) is 0 Å². The van der Waals surface area contributed by atoms with Crippen LogP contribution in [-0.4, -0.2) is 49.8 Å². The van der Waals surface area contributed by atoms with Gasteiger partial charge in [0.25, 0.3) is 0 Å². The Kier molecular flexibility index (Phi) is 7.31. The normalized spacial score (nSPS) is 15.0. The number of carbonyl (C=O) groups excluding carboxylic acids is 1. The van der Waals surface area contributed by atoms with Crippen LogP contribution >= 0.6 is 0 Å². The molecule has 1 aliphatic heterocycles. The number of hydrogen-bond acceptors (Lipinski definition) is 7. The first-order chi connectivity index (χ1) is 14.5. The second-order valence-corrected chi connectivity index (χ2v) is 7.95. The second-order valence-electron chi connectivity index (χ2n) is 7.95. The first-order valence-corrected chi connectivity index (χ1v) is 10.4. The Balaban J connectivity index is 1.81. The molecule has 0 saturated carbocycles. The van der Waals surface area contributed by atoms with Crippen molar-refractivity contribution in [1.82, 2.24) is 15.8 Å². The minimum absolute atomic E-state index is 0.0205. The molecule has 1 fully saturated rings. The summed E-state index contributed by atoms with van der Waals surface area (Å²) in [4.78, 5) is 14.9. The number of amides is 1. The number of piperazine rings is 1. The molecule has 1 atom stereocenters. The van der Waals surface area contributed by atoms with Crippen molar-refractivity contribution in [3.05, 3.63) is 30.0 Å². The van der Waals surface area contributed by atoms with Gasteiger partial charge in [0.05, 0.1) is 11.6 Å². The number of nitrogens with zero attached hydrogens (tertiary/aromatic N) is 3. The van der Waals surface area contributed by atoms with Crippen molar-refractivity contribution >= 4 is 17.4 Å². The smallest absolute Gasteiger partial charge is 0.243 e. The molecular weight excluding hydrogens is 380 g/mol. The van der Waals surface area contributed by atoms with Crippen molar-refractivity contribution in [1.29, 1.82) is 5.26 Å². The summed E-state index contributed by atoms with van der Waals surface area (Å²) < 4.78 is 5.45. The molecule has 0 bridgehead atoms. The molecule has 1 aliphatic rings. The zero-order chi connectivity index (χ0) is 21.5. The van der Waals surface area contributed by atoms with Crippen molar-refractivity contribution in [2.75, 3.05) is 42.9 Å². The zero-order valence-corrected chi connectivity index (χ0v) is 17.9. The maximum atomic E-state index is 12.5. The lowest BCUT2D eigenvalue weighted by molar-refractivity contribution is -0.121. The highest BCUT2D eigenvalue weighted by Crippen LogP contribution is 2.33. The average Bonchev–Trinajstić information content (AvgIpc) is 3.12. The summed E-state index contributed by atoms with van der Waals surface area (Å²) in [6.07, 6.45) is 0.616. The summed E-state index contributed by atoms with van der Waals surface area (Å²) in [6, 6.07) is 9.80. The van der Waals surface area contributed by atoms with Crippen LogP contribution in [0.2, 0.25) is 0 Å². The molecule has 0 spiro atoms. The molecule has 1 amide bonds. The molecule has 160 valence electrons. The number of anilines is 2. The topological polar surface area (TPSA) is 106 Å². The van der Waals surface area contributed by atoms with E-state index in [4.69, 9.17) is 9.78 Å². The van der Waals surface area contributed by atoms with Crippen LogP contribution in [0.3, 0.4) is 0 Å². The highest BCUT2D eigenvalue weighted by Gasteiger charge is 2.24. The van der Waals surface area contributed by atoms with Gasteiger partial charge in [-0.25, -0.2) is 0 Å². The number of aromatic nitrogens is 1. The molecule has 8 nitrogen and oxygen atoms in total. The van der Waals surface area contributed by atoms with Gasteiger partial charge in [-0.3, -0.25) is 4.79 Å². The number of nitriles is 1. The third kappa shape index (κ3) is 5.30. The van der Waals surface area contributed by atoms with Crippen molar-refractivity contribution in [2.24, 2.45) is 5.92 Å². The van der Waals surface area contributed by atoms with Crippen LogP contribution < -0.4 is 20.9 Å². The van der Waals surface area contributed by atoms with E-state index in [0.717, 1.165) is 37.3 Å². The molecule has 30 heavy (non-hydrogen) atoms.